The Bertz CT molecular complexity index is 1010. The monoisotopic (exact) mass is 573 g/mol. The molecular weight excluding hydrogens is 525 g/mol. The standard InChI is InChI=1S/C30H48BN3O7/c1-28(2,3)39-27(37)32-23(16-17-25(35)34-18-20-38-21-19-34)26(36)33-24(15-11-14-22-12-9-8-10-13-22)31-40-29(4,5)30(6,7)41-31/h8-10,12-13,23-24H,11,14-21H2,1-7H3,(H,32,37)(H,33,36)/t23-,24+/m1/s1. The molecule has 10 nitrogen and oxygen atoms in total. The predicted molar refractivity (Wildman–Crippen MR) is 157 cm³/mol. The van der Waals surface area contributed by atoms with Crippen molar-refractivity contribution in [1.82, 2.24) is 15.5 Å². The van der Waals surface area contributed by atoms with Crippen LogP contribution >= 0.6 is 0 Å². The van der Waals surface area contributed by atoms with Gasteiger partial charge in [0.25, 0.3) is 0 Å². The number of ether oxygens (including phenoxy) is 2. The summed E-state index contributed by atoms with van der Waals surface area (Å²) >= 11 is 0. The number of nitrogens with one attached hydrogen (secondary N) is 2. The number of nitrogens with zero attached hydrogens (tertiary/aromatic N) is 1. The molecule has 2 aliphatic heterocycles. The van der Waals surface area contributed by atoms with Gasteiger partial charge in [0, 0.05) is 19.5 Å². The first kappa shape index (κ1) is 32.9. The first-order chi connectivity index (χ1) is 19.2. The summed E-state index contributed by atoms with van der Waals surface area (Å²) in [5.74, 6) is -0.960. The molecule has 2 aliphatic rings. The van der Waals surface area contributed by atoms with E-state index in [0.29, 0.717) is 32.7 Å². The molecule has 2 fully saturated rings. The van der Waals surface area contributed by atoms with Gasteiger partial charge in [-0.2, -0.15) is 0 Å². The Hall–Kier alpha value is -2.63. The van der Waals surface area contributed by atoms with E-state index in [1.807, 2.05) is 45.9 Å². The van der Waals surface area contributed by atoms with E-state index >= 15 is 0 Å². The molecule has 2 heterocycles. The van der Waals surface area contributed by atoms with Crippen LogP contribution in [0.5, 0.6) is 0 Å². The van der Waals surface area contributed by atoms with Gasteiger partial charge >= 0.3 is 13.2 Å². The summed E-state index contributed by atoms with van der Waals surface area (Å²) < 4.78 is 23.4. The number of carbonyl (C=O) groups is 3. The number of aryl methyl sites for hydroxylation is 1. The van der Waals surface area contributed by atoms with E-state index in [-0.39, 0.29) is 18.7 Å². The van der Waals surface area contributed by atoms with Crippen molar-refractivity contribution in [2.45, 2.75) is 109 Å². The number of rotatable bonds is 11. The number of carbonyl (C=O) groups excluding carboxylic acids is 3. The van der Waals surface area contributed by atoms with Crippen LogP contribution in [0.3, 0.4) is 0 Å². The Morgan fingerprint density at radius 3 is 2.17 bits per heavy atom. The van der Waals surface area contributed by atoms with E-state index in [1.165, 1.54) is 5.56 Å². The highest BCUT2D eigenvalue weighted by atomic mass is 16.7. The molecule has 3 rings (SSSR count). The summed E-state index contributed by atoms with van der Waals surface area (Å²) in [5.41, 5.74) is -0.674. The first-order valence-corrected chi connectivity index (χ1v) is 14.7. The van der Waals surface area contributed by atoms with E-state index in [0.717, 1.165) is 12.8 Å². The minimum absolute atomic E-state index is 0.0811. The summed E-state index contributed by atoms with van der Waals surface area (Å²) in [4.78, 5) is 41.0. The van der Waals surface area contributed by atoms with Crippen LogP contribution in [0, 0.1) is 0 Å². The van der Waals surface area contributed by atoms with Crippen molar-refractivity contribution in [2.75, 3.05) is 26.3 Å². The minimum atomic E-state index is -0.978. The number of hydrogen-bond donors (Lipinski definition) is 2. The van der Waals surface area contributed by atoms with Crippen LogP contribution in [0.2, 0.25) is 0 Å². The Kier molecular flexibility index (Phi) is 11.3. The van der Waals surface area contributed by atoms with E-state index in [4.69, 9.17) is 18.8 Å². The SMILES string of the molecule is CC(C)(C)OC(=O)N[C@H](CCC(=O)N1CCOCC1)C(=O)N[C@@H](CCCc1ccccc1)B1OC(C)(C)C(C)(C)O1. The average molecular weight is 574 g/mol. The lowest BCUT2D eigenvalue weighted by molar-refractivity contribution is -0.135. The lowest BCUT2D eigenvalue weighted by Crippen LogP contribution is -2.55. The third-order valence-electron chi connectivity index (χ3n) is 7.77. The molecule has 2 atom stereocenters. The lowest BCUT2D eigenvalue weighted by atomic mass is 9.75. The second-order valence-corrected chi connectivity index (χ2v) is 12.8. The van der Waals surface area contributed by atoms with Gasteiger partial charge < -0.3 is 34.3 Å². The molecule has 1 aromatic rings. The van der Waals surface area contributed by atoms with Gasteiger partial charge in [0.15, 0.2) is 0 Å². The fraction of sp³-hybridized carbons (Fsp3) is 0.700. The lowest BCUT2D eigenvalue weighted by Gasteiger charge is -2.32. The van der Waals surface area contributed by atoms with Crippen molar-refractivity contribution in [1.29, 1.82) is 0 Å². The number of amides is 3. The average Bonchev–Trinajstić information content (AvgIpc) is 3.12. The highest BCUT2D eigenvalue weighted by molar-refractivity contribution is 6.48. The van der Waals surface area contributed by atoms with Crippen LogP contribution < -0.4 is 10.6 Å². The third-order valence-corrected chi connectivity index (χ3v) is 7.77. The van der Waals surface area contributed by atoms with Crippen molar-refractivity contribution in [3.8, 4) is 0 Å². The zero-order valence-corrected chi connectivity index (χ0v) is 25.8. The molecule has 2 saturated heterocycles. The highest BCUT2D eigenvalue weighted by Gasteiger charge is 2.54. The Labute approximate surface area is 245 Å². The number of hydrogen-bond acceptors (Lipinski definition) is 7. The highest BCUT2D eigenvalue weighted by Crippen LogP contribution is 2.38. The molecule has 3 amide bonds. The molecule has 0 aromatic heterocycles. The van der Waals surface area contributed by atoms with Gasteiger partial charge in [0.05, 0.1) is 30.4 Å². The number of alkyl carbamates (subject to hydrolysis) is 1. The topological polar surface area (TPSA) is 115 Å². The van der Waals surface area contributed by atoms with Gasteiger partial charge in [-0.15, -0.1) is 0 Å². The van der Waals surface area contributed by atoms with Crippen LogP contribution in [0.15, 0.2) is 30.3 Å². The maximum absolute atomic E-state index is 13.7. The molecule has 0 bridgehead atoms. The Morgan fingerprint density at radius 1 is 0.976 bits per heavy atom. The van der Waals surface area contributed by atoms with Crippen LogP contribution in [0.1, 0.15) is 79.7 Å². The van der Waals surface area contributed by atoms with Gasteiger partial charge in [0.1, 0.15) is 11.6 Å². The number of benzene rings is 1. The number of morpholine rings is 1. The van der Waals surface area contributed by atoms with Gasteiger partial charge in [-0.25, -0.2) is 4.79 Å². The summed E-state index contributed by atoms with van der Waals surface area (Å²) in [6.45, 7) is 15.2. The van der Waals surface area contributed by atoms with Gasteiger partial charge in [-0.1, -0.05) is 30.3 Å². The fourth-order valence-corrected chi connectivity index (χ4v) is 4.74. The molecular formula is C30H48BN3O7. The molecule has 11 heteroatoms. The first-order valence-electron chi connectivity index (χ1n) is 14.7. The van der Waals surface area contributed by atoms with Crippen molar-refractivity contribution in [2.24, 2.45) is 0 Å². The van der Waals surface area contributed by atoms with Crippen molar-refractivity contribution >= 4 is 25.0 Å². The quantitative estimate of drug-likeness (QED) is 0.389. The van der Waals surface area contributed by atoms with Gasteiger partial charge in [0.2, 0.25) is 11.8 Å². The van der Waals surface area contributed by atoms with Crippen LogP contribution in [0.4, 0.5) is 4.79 Å². The summed E-state index contributed by atoms with van der Waals surface area (Å²) in [6.07, 6.45) is 1.74. The maximum Gasteiger partial charge on any atom is 0.481 e. The zero-order valence-electron chi connectivity index (χ0n) is 25.8. The van der Waals surface area contributed by atoms with Crippen molar-refractivity contribution in [3.05, 3.63) is 35.9 Å². The zero-order chi connectivity index (χ0) is 30.3. The smallest absolute Gasteiger partial charge is 0.444 e. The molecule has 1 aromatic carbocycles. The molecule has 0 unspecified atom stereocenters. The predicted octanol–water partition coefficient (Wildman–Crippen LogP) is 3.66. The van der Waals surface area contributed by atoms with Crippen LogP contribution in [-0.2, 0) is 34.8 Å². The largest absolute Gasteiger partial charge is 0.481 e. The fourth-order valence-electron chi connectivity index (χ4n) is 4.74. The van der Waals surface area contributed by atoms with Gasteiger partial charge in [-0.3, -0.25) is 9.59 Å². The maximum atomic E-state index is 13.7. The minimum Gasteiger partial charge on any atom is -0.444 e. The summed E-state index contributed by atoms with van der Waals surface area (Å²) in [6, 6.07) is 9.18. The van der Waals surface area contributed by atoms with Crippen molar-refractivity contribution in [3.63, 3.8) is 0 Å². The molecule has 0 spiro atoms. The van der Waals surface area contributed by atoms with Crippen LogP contribution in [-0.4, -0.2) is 85.0 Å². The van der Waals surface area contributed by atoms with E-state index in [9.17, 15) is 14.4 Å². The normalized spacial score (nSPS) is 19.8. The molecule has 41 heavy (non-hydrogen) atoms. The Morgan fingerprint density at radius 2 is 1.59 bits per heavy atom. The van der Waals surface area contributed by atoms with Gasteiger partial charge in [-0.05, 0) is 79.7 Å². The van der Waals surface area contributed by atoms with E-state index in [1.54, 1.807) is 25.7 Å². The summed E-state index contributed by atoms with van der Waals surface area (Å²) in [7, 11) is -0.670. The summed E-state index contributed by atoms with van der Waals surface area (Å²) in [5, 5.41) is 5.78. The van der Waals surface area contributed by atoms with Crippen molar-refractivity contribution < 1.29 is 33.2 Å². The third kappa shape index (κ3) is 10.0. The van der Waals surface area contributed by atoms with E-state index in [2.05, 4.69) is 22.8 Å². The second-order valence-electron chi connectivity index (χ2n) is 12.8. The molecule has 228 valence electrons. The van der Waals surface area contributed by atoms with E-state index < -0.39 is 47.9 Å². The molecule has 0 saturated carbocycles. The molecule has 0 aliphatic carbocycles. The Balaban J connectivity index is 1.73. The molecule has 2 N–H and O–H groups in total. The van der Waals surface area contributed by atoms with Crippen LogP contribution in [0.25, 0.3) is 0 Å². The molecule has 0 radical (unpaired) electrons. The second kappa shape index (κ2) is 14.0.